The van der Waals surface area contributed by atoms with Crippen LogP contribution in [0.1, 0.15) is 22.8 Å². The minimum atomic E-state index is -0.485. The van der Waals surface area contributed by atoms with Gasteiger partial charge >= 0.3 is 0 Å². The fourth-order valence-corrected chi connectivity index (χ4v) is 2.36. The van der Waals surface area contributed by atoms with Crippen LogP contribution in [-0.4, -0.2) is 25.3 Å². The van der Waals surface area contributed by atoms with Crippen LogP contribution in [0.2, 0.25) is 0 Å². The highest BCUT2D eigenvalue weighted by Gasteiger charge is 2.08. The highest BCUT2D eigenvalue weighted by atomic mass is 16.5. The Morgan fingerprint density at radius 1 is 1.14 bits per heavy atom. The maximum atomic E-state index is 10.2. The first-order valence-electron chi connectivity index (χ1n) is 7.46. The average Bonchev–Trinajstić information content (AvgIpc) is 2.55. The molecule has 2 aromatic rings. The van der Waals surface area contributed by atoms with Crippen LogP contribution in [0, 0.1) is 6.92 Å². The largest absolute Gasteiger partial charge is 0.496 e. The van der Waals surface area contributed by atoms with E-state index in [-0.39, 0.29) is 0 Å². The molecule has 0 aromatic heterocycles. The van der Waals surface area contributed by atoms with Crippen molar-refractivity contribution in [2.45, 2.75) is 13.0 Å². The van der Waals surface area contributed by atoms with E-state index in [0.29, 0.717) is 13.1 Å². The van der Waals surface area contributed by atoms with Crippen LogP contribution in [0.5, 0.6) is 5.75 Å². The average molecular weight is 297 g/mol. The summed E-state index contributed by atoms with van der Waals surface area (Å²) < 4.78 is 5.30. The minimum Gasteiger partial charge on any atom is -0.496 e. The summed E-state index contributed by atoms with van der Waals surface area (Å²) in [6.07, 6.45) is 3.56. The van der Waals surface area contributed by atoms with Crippen LogP contribution in [0.4, 0.5) is 0 Å². The van der Waals surface area contributed by atoms with Gasteiger partial charge in [-0.25, -0.2) is 0 Å². The van der Waals surface area contributed by atoms with Gasteiger partial charge in [-0.15, -0.1) is 0 Å². The van der Waals surface area contributed by atoms with E-state index in [1.54, 1.807) is 7.11 Å². The lowest BCUT2D eigenvalue weighted by Crippen LogP contribution is -2.21. The fraction of sp³-hybridized carbons (Fsp3) is 0.263. The summed E-state index contributed by atoms with van der Waals surface area (Å²) in [5.74, 6) is 0.860. The van der Waals surface area contributed by atoms with Crippen LogP contribution in [0.25, 0.3) is 6.08 Å². The third kappa shape index (κ3) is 4.45. The molecule has 0 saturated heterocycles. The summed E-state index contributed by atoms with van der Waals surface area (Å²) in [7, 11) is 1.67. The smallest absolute Gasteiger partial charge is 0.126 e. The predicted molar refractivity (Wildman–Crippen MR) is 91.0 cm³/mol. The van der Waals surface area contributed by atoms with Gasteiger partial charge in [0.2, 0.25) is 0 Å². The third-order valence-corrected chi connectivity index (χ3v) is 3.58. The Hall–Kier alpha value is -2.10. The van der Waals surface area contributed by atoms with Crippen molar-refractivity contribution in [1.29, 1.82) is 0 Å². The van der Waals surface area contributed by atoms with Gasteiger partial charge in [0.25, 0.3) is 0 Å². The fourth-order valence-electron chi connectivity index (χ4n) is 2.36. The first-order valence-corrected chi connectivity index (χ1v) is 7.46. The van der Waals surface area contributed by atoms with E-state index < -0.39 is 6.10 Å². The maximum Gasteiger partial charge on any atom is 0.126 e. The molecular weight excluding hydrogens is 274 g/mol. The molecule has 0 saturated carbocycles. The number of methoxy groups -OCH3 is 1. The molecule has 0 aliphatic heterocycles. The number of aryl methyl sites for hydroxylation is 1. The number of hydrogen-bond acceptors (Lipinski definition) is 3. The third-order valence-electron chi connectivity index (χ3n) is 3.58. The quantitative estimate of drug-likeness (QED) is 0.770. The van der Waals surface area contributed by atoms with Crippen LogP contribution >= 0.6 is 0 Å². The number of aliphatic hydroxyl groups excluding tert-OH is 1. The number of aliphatic hydroxyl groups is 1. The highest BCUT2D eigenvalue weighted by molar-refractivity contribution is 5.57. The van der Waals surface area contributed by atoms with Crippen LogP contribution in [-0.2, 0) is 0 Å². The minimum absolute atomic E-state index is 0.485. The molecule has 0 radical (unpaired) electrons. The van der Waals surface area contributed by atoms with Crippen molar-refractivity contribution in [3.05, 3.63) is 71.3 Å². The molecule has 0 spiro atoms. The molecule has 0 amide bonds. The lowest BCUT2D eigenvalue weighted by Gasteiger charge is -2.13. The molecule has 0 heterocycles. The molecule has 0 fully saturated rings. The van der Waals surface area contributed by atoms with Gasteiger partial charge in [0.15, 0.2) is 0 Å². The van der Waals surface area contributed by atoms with Crippen LogP contribution in [0.15, 0.2) is 54.6 Å². The molecule has 0 aliphatic rings. The molecule has 2 N–H and O–H groups in total. The van der Waals surface area contributed by atoms with Gasteiger partial charge in [-0.2, -0.15) is 0 Å². The summed E-state index contributed by atoms with van der Waals surface area (Å²) in [5, 5.41) is 13.4. The summed E-state index contributed by atoms with van der Waals surface area (Å²) >= 11 is 0. The Kier molecular flexibility index (Phi) is 6.19. The SMILES string of the molecule is COc1ccccc1C=CCNCC(O)c1ccccc1C. The van der Waals surface area contributed by atoms with Gasteiger partial charge in [-0.05, 0) is 24.1 Å². The van der Waals surface area contributed by atoms with Gasteiger partial charge in [0, 0.05) is 18.7 Å². The predicted octanol–water partition coefficient (Wildman–Crippen LogP) is 3.34. The van der Waals surface area contributed by atoms with Crippen molar-refractivity contribution in [1.82, 2.24) is 5.32 Å². The Balaban J connectivity index is 1.82. The molecule has 0 aliphatic carbocycles. The number of hydrogen-bond donors (Lipinski definition) is 2. The Labute approximate surface area is 132 Å². The van der Waals surface area contributed by atoms with Crippen molar-refractivity contribution in [3.8, 4) is 5.75 Å². The Bertz CT molecular complexity index is 622. The number of ether oxygens (including phenoxy) is 1. The number of rotatable bonds is 7. The van der Waals surface area contributed by atoms with Gasteiger partial charge in [0.05, 0.1) is 13.2 Å². The van der Waals surface area contributed by atoms with Crippen molar-refractivity contribution in [2.75, 3.05) is 20.2 Å². The van der Waals surface area contributed by atoms with E-state index >= 15 is 0 Å². The summed E-state index contributed by atoms with van der Waals surface area (Å²) in [4.78, 5) is 0. The Morgan fingerprint density at radius 2 is 1.86 bits per heavy atom. The van der Waals surface area contributed by atoms with E-state index in [0.717, 1.165) is 22.4 Å². The lowest BCUT2D eigenvalue weighted by atomic mass is 10.0. The van der Waals surface area contributed by atoms with Gasteiger partial charge < -0.3 is 15.2 Å². The molecule has 3 nitrogen and oxygen atoms in total. The first-order chi connectivity index (χ1) is 10.7. The van der Waals surface area contributed by atoms with Crippen LogP contribution in [0.3, 0.4) is 0 Å². The van der Waals surface area contributed by atoms with E-state index in [1.165, 1.54) is 0 Å². The first kappa shape index (κ1) is 16.3. The van der Waals surface area contributed by atoms with E-state index in [1.807, 2.05) is 67.6 Å². The molecule has 1 unspecified atom stereocenters. The van der Waals surface area contributed by atoms with E-state index in [2.05, 4.69) is 5.32 Å². The van der Waals surface area contributed by atoms with Crippen molar-refractivity contribution in [3.63, 3.8) is 0 Å². The maximum absolute atomic E-state index is 10.2. The second-order valence-electron chi connectivity index (χ2n) is 5.17. The number of para-hydroxylation sites is 1. The zero-order valence-corrected chi connectivity index (χ0v) is 13.1. The standard InChI is InChI=1S/C19H23NO2/c1-15-8-3-5-11-17(15)18(21)14-20-13-7-10-16-9-4-6-12-19(16)22-2/h3-12,18,20-21H,13-14H2,1-2H3. The summed E-state index contributed by atoms with van der Waals surface area (Å²) in [5.41, 5.74) is 3.14. The zero-order chi connectivity index (χ0) is 15.8. The zero-order valence-electron chi connectivity index (χ0n) is 13.1. The molecular formula is C19H23NO2. The van der Waals surface area contributed by atoms with Gasteiger partial charge in [-0.3, -0.25) is 0 Å². The molecule has 1 atom stereocenters. The molecule has 3 heteroatoms. The van der Waals surface area contributed by atoms with Crippen LogP contribution < -0.4 is 10.1 Å². The number of benzene rings is 2. The van der Waals surface area contributed by atoms with Crippen molar-refractivity contribution >= 4 is 6.08 Å². The van der Waals surface area contributed by atoms with E-state index in [9.17, 15) is 5.11 Å². The van der Waals surface area contributed by atoms with E-state index in [4.69, 9.17) is 4.74 Å². The molecule has 2 rings (SSSR count). The second-order valence-corrected chi connectivity index (χ2v) is 5.17. The molecule has 2 aromatic carbocycles. The van der Waals surface area contributed by atoms with Crippen molar-refractivity contribution < 1.29 is 9.84 Å². The number of nitrogens with one attached hydrogen (secondary N) is 1. The molecule has 116 valence electrons. The topological polar surface area (TPSA) is 41.5 Å². The highest BCUT2D eigenvalue weighted by Crippen LogP contribution is 2.18. The Morgan fingerprint density at radius 3 is 2.64 bits per heavy atom. The van der Waals surface area contributed by atoms with Gasteiger partial charge in [0.1, 0.15) is 5.75 Å². The second kappa shape index (κ2) is 8.37. The molecule has 22 heavy (non-hydrogen) atoms. The molecule has 0 bridgehead atoms. The van der Waals surface area contributed by atoms with Gasteiger partial charge in [-0.1, -0.05) is 54.6 Å². The summed E-state index contributed by atoms with van der Waals surface area (Å²) in [6, 6.07) is 15.8. The van der Waals surface area contributed by atoms with Crippen molar-refractivity contribution in [2.24, 2.45) is 0 Å². The summed E-state index contributed by atoms with van der Waals surface area (Å²) in [6.45, 7) is 3.24. The lowest BCUT2D eigenvalue weighted by molar-refractivity contribution is 0.175. The normalized spacial score (nSPS) is 12.5. The monoisotopic (exact) mass is 297 g/mol.